The van der Waals surface area contributed by atoms with Gasteiger partial charge in [-0.15, -0.1) is 0 Å². The first-order valence-corrected chi connectivity index (χ1v) is 8.66. The maximum absolute atomic E-state index is 12.8. The van der Waals surface area contributed by atoms with Crippen molar-refractivity contribution in [2.24, 2.45) is 0 Å². The molecular weight excluding hydrogens is 316 g/mol. The number of nitrogens with one attached hydrogen (secondary N) is 2. The fourth-order valence-electron chi connectivity index (χ4n) is 3.34. The molecule has 1 aliphatic rings. The highest BCUT2D eigenvalue weighted by molar-refractivity contribution is 5.95. The van der Waals surface area contributed by atoms with E-state index in [4.69, 9.17) is 0 Å². The average molecular weight is 340 g/mol. The first-order chi connectivity index (χ1) is 12.0. The predicted molar refractivity (Wildman–Crippen MR) is 95.2 cm³/mol. The van der Waals surface area contributed by atoms with Gasteiger partial charge in [0.25, 0.3) is 5.91 Å². The second-order valence-electron chi connectivity index (χ2n) is 6.76. The Balaban J connectivity index is 1.80. The third-order valence-corrected chi connectivity index (χ3v) is 4.65. The standard InChI is InChI=1S/C19H24N4O2/c1-12(2)23-13(3)15(11-20-23)19(25)21-16-9-10-17(24)22-18(16)14-7-5-4-6-8-14/h4-8,11-12,16,18H,9-10H2,1-3H3,(H,21,25)(H,22,24)/t16-,18+/m1/s1. The van der Waals surface area contributed by atoms with Gasteiger partial charge < -0.3 is 10.6 Å². The number of hydrogen-bond acceptors (Lipinski definition) is 3. The summed E-state index contributed by atoms with van der Waals surface area (Å²) in [5, 5.41) is 10.4. The summed E-state index contributed by atoms with van der Waals surface area (Å²) in [5.41, 5.74) is 2.43. The van der Waals surface area contributed by atoms with Gasteiger partial charge in [-0.25, -0.2) is 0 Å². The number of carbonyl (C=O) groups excluding carboxylic acids is 2. The Morgan fingerprint density at radius 3 is 2.68 bits per heavy atom. The normalized spacial score (nSPS) is 20.4. The molecule has 2 aromatic rings. The van der Waals surface area contributed by atoms with Crippen molar-refractivity contribution in [1.82, 2.24) is 20.4 Å². The Hall–Kier alpha value is -2.63. The van der Waals surface area contributed by atoms with Crippen LogP contribution in [-0.2, 0) is 4.79 Å². The zero-order valence-corrected chi connectivity index (χ0v) is 14.8. The molecule has 2 heterocycles. The maximum atomic E-state index is 12.8. The van der Waals surface area contributed by atoms with Crippen LogP contribution in [0.1, 0.15) is 60.4 Å². The van der Waals surface area contributed by atoms with Crippen LogP contribution in [0, 0.1) is 6.92 Å². The number of rotatable bonds is 4. The van der Waals surface area contributed by atoms with Crippen molar-refractivity contribution in [1.29, 1.82) is 0 Å². The van der Waals surface area contributed by atoms with Gasteiger partial charge in [0.05, 0.1) is 23.8 Å². The molecule has 1 aromatic carbocycles. The van der Waals surface area contributed by atoms with Crippen molar-refractivity contribution in [3.05, 3.63) is 53.3 Å². The molecule has 2 atom stereocenters. The molecule has 25 heavy (non-hydrogen) atoms. The lowest BCUT2D eigenvalue weighted by Crippen LogP contribution is -2.50. The fourth-order valence-corrected chi connectivity index (χ4v) is 3.34. The van der Waals surface area contributed by atoms with Crippen LogP contribution in [0.3, 0.4) is 0 Å². The van der Waals surface area contributed by atoms with E-state index in [2.05, 4.69) is 15.7 Å². The third-order valence-electron chi connectivity index (χ3n) is 4.65. The smallest absolute Gasteiger partial charge is 0.255 e. The first-order valence-electron chi connectivity index (χ1n) is 8.66. The van der Waals surface area contributed by atoms with Crippen LogP contribution in [0.2, 0.25) is 0 Å². The number of hydrogen-bond donors (Lipinski definition) is 2. The molecule has 1 aromatic heterocycles. The second-order valence-corrected chi connectivity index (χ2v) is 6.76. The predicted octanol–water partition coefficient (Wildman–Crippen LogP) is 2.52. The SMILES string of the molecule is Cc1c(C(=O)N[C@@H]2CCC(=O)N[C@H]2c2ccccc2)cnn1C(C)C. The molecule has 2 N–H and O–H groups in total. The van der Waals surface area contributed by atoms with E-state index in [9.17, 15) is 9.59 Å². The summed E-state index contributed by atoms with van der Waals surface area (Å²) in [4.78, 5) is 24.6. The van der Waals surface area contributed by atoms with Gasteiger partial charge in [0.1, 0.15) is 0 Å². The molecule has 3 rings (SSSR count). The highest BCUT2D eigenvalue weighted by Crippen LogP contribution is 2.24. The Kier molecular flexibility index (Phi) is 4.88. The van der Waals surface area contributed by atoms with Gasteiger partial charge in [-0.3, -0.25) is 14.3 Å². The quantitative estimate of drug-likeness (QED) is 0.898. The van der Waals surface area contributed by atoms with Crippen molar-refractivity contribution in [3.63, 3.8) is 0 Å². The zero-order chi connectivity index (χ0) is 18.0. The lowest BCUT2D eigenvalue weighted by atomic mass is 9.91. The molecule has 0 spiro atoms. The van der Waals surface area contributed by atoms with Crippen LogP contribution >= 0.6 is 0 Å². The zero-order valence-electron chi connectivity index (χ0n) is 14.8. The van der Waals surface area contributed by atoms with Crippen LogP contribution in [0.5, 0.6) is 0 Å². The molecule has 1 fully saturated rings. The van der Waals surface area contributed by atoms with Gasteiger partial charge in [-0.05, 0) is 32.8 Å². The van der Waals surface area contributed by atoms with Gasteiger partial charge >= 0.3 is 0 Å². The molecule has 1 saturated heterocycles. The molecule has 0 radical (unpaired) electrons. The molecule has 1 aliphatic heterocycles. The van der Waals surface area contributed by atoms with Gasteiger partial charge in [0.2, 0.25) is 5.91 Å². The van der Waals surface area contributed by atoms with Crippen molar-refractivity contribution in [3.8, 4) is 0 Å². The van der Waals surface area contributed by atoms with Gasteiger partial charge in [0.15, 0.2) is 0 Å². The van der Waals surface area contributed by atoms with Crippen LogP contribution in [-0.4, -0.2) is 27.6 Å². The second kappa shape index (κ2) is 7.09. The van der Waals surface area contributed by atoms with E-state index in [0.29, 0.717) is 18.4 Å². The number of amides is 2. The van der Waals surface area contributed by atoms with Gasteiger partial charge in [-0.1, -0.05) is 30.3 Å². The lowest BCUT2D eigenvalue weighted by molar-refractivity contribution is -0.123. The molecule has 6 nitrogen and oxygen atoms in total. The molecule has 0 bridgehead atoms. The first kappa shape index (κ1) is 17.2. The Labute approximate surface area is 147 Å². The summed E-state index contributed by atoms with van der Waals surface area (Å²) in [6, 6.07) is 9.59. The Morgan fingerprint density at radius 1 is 1.32 bits per heavy atom. The highest BCUT2D eigenvalue weighted by Gasteiger charge is 2.31. The molecule has 2 amide bonds. The minimum Gasteiger partial charge on any atom is -0.347 e. The molecule has 6 heteroatoms. The van der Waals surface area contributed by atoms with E-state index in [1.54, 1.807) is 6.20 Å². The molecule has 0 unspecified atom stereocenters. The Bertz CT molecular complexity index is 767. The fraction of sp³-hybridized carbons (Fsp3) is 0.421. The van der Waals surface area contributed by atoms with Crippen LogP contribution in [0.15, 0.2) is 36.5 Å². The molecule has 0 saturated carbocycles. The number of carbonyl (C=O) groups is 2. The van der Waals surface area contributed by atoms with Crippen molar-refractivity contribution in [2.45, 2.75) is 51.7 Å². The minimum atomic E-state index is -0.216. The maximum Gasteiger partial charge on any atom is 0.255 e. The number of aromatic nitrogens is 2. The van der Waals surface area contributed by atoms with Gasteiger partial charge in [0, 0.05) is 18.2 Å². The number of benzene rings is 1. The largest absolute Gasteiger partial charge is 0.347 e. The number of nitrogens with zero attached hydrogens (tertiary/aromatic N) is 2. The van der Waals surface area contributed by atoms with E-state index in [1.165, 1.54) is 0 Å². The van der Waals surface area contributed by atoms with E-state index >= 15 is 0 Å². The summed E-state index contributed by atoms with van der Waals surface area (Å²) in [6.07, 6.45) is 2.65. The van der Waals surface area contributed by atoms with Crippen molar-refractivity contribution >= 4 is 11.8 Å². The lowest BCUT2D eigenvalue weighted by Gasteiger charge is -2.33. The monoisotopic (exact) mass is 340 g/mol. The van der Waals surface area contributed by atoms with Crippen molar-refractivity contribution < 1.29 is 9.59 Å². The summed E-state index contributed by atoms with van der Waals surface area (Å²) < 4.78 is 1.84. The average Bonchev–Trinajstić information content (AvgIpc) is 2.99. The van der Waals surface area contributed by atoms with E-state index < -0.39 is 0 Å². The van der Waals surface area contributed by atoms with E-state index in [0.717, 1.165) is 11.3 Å². The van der Waals surface area contributed by atoms with Gasteiger partial charge in [-0.2, -0.15) is 5.10 Å². The summed E-state index contributed by atoms with van der Waals surface area (Å²) in [7, 11) is 0. The summed E-state index contributed by atoms with van der Waals surface area (Å²) >= 11 is 0. The van der Waals surface area contributed by atoms with Crippen LogP contribution < -0.4 is 10.6 Å². The van der Waals surface area contributed by atoms with Crippen LogP contribution in [0.4, 0.5) is 0 Å². The summed E-state index contributed by atoms with van der Waals surface area (Å²) in [6.45, 7) is 5.97. The third kappa shape index (κ3) is 3.57. The molecule has 0 aliphatic carbocycles. The topological polar surface area (TPSA) is 76.0 Å². The van der Waals surface area contributed by atoms with Crippen LogP contribution in [0.25, 0.3) is 0 Å². The Morgan fingerprint density at radius 2 is 2.04 bits per heavy atom. The molecular formula is C19H24N4O2. The number of piperidine rings is 1. The highest BCUT2D eigenvalue weighted by atomic mass is 16.2. The molecule has 132 valence electrons. The minimum absolute atomic E-state index is 0.0168. The van der Waals surface area contributed by atoms with E-state index in [1.807, 2.05) is 55.8 Å². The summed E-state index contributed by atoms with van der Waals surface area (Å²) in [5.74, 6) is -0.130. The van der Waals surface area contributed by atoms with Crippen molar-refractivity contribution in [2.75, 3.05) is 0 Å². The van der Waals surface area contributed by atoms with E-state index in [-0.39, 0.29) is 29.9 Å².